The minimum atomic E-state index is -0.731. The third kappa shape index (κ3) is 4.68. The molecule has 1 aliphatic heterocycles. The van der Waals surface area contributed by atoms with E-state index in [0.717, 1.165) is 0 Å². The summed E-state index contributed by atoms with van der Waals surface area (Å²) in [4.78, 5) is 13.7. The smallest absolute Gasteiger partial charge is 0.317 e. The second-order valence-electron chi connectivity index (χ2n) is 5.25. The van der Waals surface area contributed by atoms with E-state index < -0.39 is 6.10 Å². The first-order valence-electron chi connectivity index (χ1n) is 7.13. The van der Waals surface area contributed by atoms with Gasteiger partial charge in [0.2, 0.25) is 0 Å². The summed E-state index contributed by atoms with van der Waals surface area (Å²) in [6.07, 6.45) is -0.354. The largest absolute Gasteiger partial charge is 0.388 e. The van der Waals surface area contributed by atoms with Gasteiger partial charge in [0.1, 0.15) is 5.82 Å². The van der Waals surface area contributed by atoms with Gasteiger partial charge in [-0.25, -0.2) is 9.18 Å². The van der Waals surface area contributed by atoms with Crippen LogP contribution in [0.25, 0.3) is 0 Å². The van der Waals surface area contributed by atoms with Crippen molar-refractivity contribution in [3.05, 3.63) is 35.6 Å². The van der Waals surface area contributed by atoms with Crippen LogP contribution in [0.5, 0.6) is 0 Å². The predicted octanol–water partition coefficient (Wildman–Crippen LogP) is 1.68. The molecule has 0 saturated carbocycles. The summed E-state index contributed by atoms with van der Waals surface area (Å²) in [7, 11) is 0. The van der Waals surface area contributed by atoms with Gasteiger partial charge in [0.25, 0.3) is 0 Å². The van der Waals surface area contributed by atoms with Gasteiger partial charge in [-0.2, -0.15) is 0 Å². The molecule has 2 rings (SSSR count). The number of hydrogen-bond acceptors (Lipinski definition) is 3. The van der Waals surface area contributed by atoms with E-state index in [4.69, 9.17) is 4.74 Å². The minimum Gasteiger partial charge on any atom is -0.388 e. The Morgan fingerprint density at radius 3 is 2.62 bits per heavy atom. The molecule has 1 heterocycles. The molecular weight excluding hydrogens is 275 g/mol. The molecule has 0 spiro atoms. The highest BCUT2D eigenvalue weighted by atomic mass is 19.1. The summed E-state index contributed by atoms with van der Waals surface area (Å²) < 4.78 is 18.0. The predicted molar refractivity (Wildman–Crippen MR) is 76.4 cm³/mol. The number of rotatable bonds is 4. The minimum absolute atomic E-state index is 0.142. The summed E-state index contributed by atoms with van der Waals surface area (Å²) in [6.45, 7) is 4.11. The molecule has 6 heteroatoms. The lowest BCUT2D eigenvalue weighted by molar-refractivity contribution is 0.0519. The SMILES string of the molecule is CC(CC(O)c1ccc(F)cc1)NC(=O)N1CCOCC1. The fraction of sp³-hybridized carbons (Fsp3) is 0.533. The second-order valence-corrected chi connectivity index (χ2v) is 5.25. The zero-order valence-corrected chi connectivity index (χ0v) is 12.1. The topological polar surface area (TPSA) is 61.8 Å². The van der Waals surface area contributed by atoms with Crippen LogP contribution in [0, 0.1) is 5.82 Å². The van der Waals surface area contributed by atoms with Crippen molar-refractivity contribution in [2.24, 2.45) is 0 Å². The maximum Gasteiger partial charge on any atom is 0.317 e. The van der Waals surface area contributed by atoms with Gasteiger partial charge in [-0.3, -0.25) is 0 Å². The average Bonchev–Trinajstić information content (AvgIpc) is 2.48. The van der Waals surface area contributed by atoms with Crippen LogP contribution >= 0.6 is 0 Å². The Bertz CT molecular complexity index is 460. The molecule has 2 N–H and O–H groups in total. The van der Waals surface area contributed by atoms with Crippen molar-refractivity contribution in [1.29, 1.82) is 0 Å². The number of ether oxygens (including phenoxy) is 1. The number of halogens is 1. The number of aliphatic hydroxyl groups excluding tert-OH is 1. The van der Waals surface area contributed by atoms with Gasteiger partial charge in [-0.05, 0) is 31.0 Å². The molecular formula is C15H21FN2O3. The zero-order chi connectivity index (χ0) is 15.2. The van der Waals surface area contributed by atoms with Crippen molar-refractivity contribution < 1.29 is 19.0 Å². The van der Waals surface area contributed by atoms with Crippen molar-refractivity contribution >= 4 is 6.03 Å². The van der Waals surface area contributed by atoms with E-state index in [1.54, 1.807) is 17.0 Å². The number of urea groups is 1. The molecule has 1 aromatic carbocycles. The molecule has 1 aliphatic rings. The van der Waals surface area contributed by atoms with Crippen molar-refractivity contribution in [3.8, 4) is 0 Å². The van der Waals surface area contributed by atoms with E-state index in [1.165, 1.54) is 12.1 Å². The summed E-state index contributed by atoms with van der Waals surface area (Å²) in [6, 6.07) is 5.41. The van der Waals surface area contributed by atoms with Gasteiger partial charge in [0, 0.05) is 19.1 Å². The molecule has 5 nitrogen and oxygen atoms in total. The molecule has 1 aromatic rings. The van der Waals surface area contributed by atoms with Crippen LogP contribution in [0.2, 0.25) is 0 Å². The number of benzene rings is 1. The average molecular weight is 296 g/mol. The van der Waals surface area contributed by atoms with Crippen LogP contribution in [0.4, 0.5) is 9.18 Å². The molecule has 2 atom stereocenters. The molecule has 116 valence electrons. The first-order valence-corrected chi connectivity index (χ1v) is 7.13. The highest BCUT2D eigenvalue weighted by Crippen LogP contribution is 2.18. The van der Waals surface area contributed by atoms with E-state index in [-0.39, 0.29) is 17.9 Å². The summed E-state index contributed by atoms with van der Waals surface area (Å²) in [5.41, 5.74) is 0.642. The van der Waals surface area contributed by atoms with E-state index >= 15 is 0 Å². The standard InChI is InChI=1S/C15H21FN2O3/c1-11(17-15(20)18-6-8-21-9-7-18)10-14(19)12-2-4-13(16)5-3-12/h2-5,11,14,19H,6-10H2,1H3,(H,17,20). The molecule has 0 aliphatic carbocycles. The molecule has 0 radical (unpaired) electrons. The quantitative estimate of drug-likeness (QED) is 0.888. The normalized spacial score (nSPS) is 18.1. The van der Waals surface area contributed by atoms with E-state index in [1.807, 2.05) is 6.92 Å². The maximum absolute atomic E-state index is 12.8. The van der Waals surface area contributed by atoms with Crippen LogP contribution in [0.1, 0.15) is 25.0 Å². The zero-order valence-electron chi connectivity index (χ0n) is 12.1. The van der Waals surface area contributed by atoms with E-state index in [0.29, 0.717) is 38.3 Å². The summed E-state index contributed by atoms with van der Waals surface area (Å²) in [5, 5.41) is 13.0. The molecule has 0 aromatic heterocycles. The van der Waals surface area contributed by atoms with Crippen molar-refractivity contribution in [1.82, 2.24) is 10.2 Å². The van der Waals surface area contributed by atoms with E-state index in [9.17, 15) is 14.3 Å². The van der Waals surface area contributed by atoms with Gasteiger partial charge in [0.05, 0.1) is 19.3 Å². The first kappa shape index (κ1) is 15.7. The number of hydrogen-bond donors (Lipinski definition) is 2. The Kier molecular flexibility index (Phi) is 5.52. The van der Waals surface area contributed by atoms with Crippen LogP contribution in [0.15, 0.2) is 24.3 Å². The number of morpholine rings is 1. The number of nitrogens with zero attached hydrogens (tertiary/aromatic N) is 1. The van der Waals surface area contributed by atoms with E-state index in [2.05, 4.69) is 5.32 Å². The Balaban J connectivity index is 1.81. The second kappa shape index (κ2) is 7.38. The molecule has 1 saturated heterocycles. The number of aliphatic hydroxyl groups is 1. The van der Waals surface area contributed by atoms with Crippen molar-refractivity contribution in [2.45, 2.75) is 25.5 Å². The summed E-state index contributed by atoms with van der Waals surface area (Å²) >= 11 is 0. The highest BCUT2D eigenvalue weighted by molar-refractivity contribution is 5.74. The van der Waals surface area contributed by atoms with Gasteiger partial charge < -0.3 is 20.1 Å². The van der Waals surface area contributed by atoms with Gasteiger partial charge in [-0.15, -0.1) is 0 Å². The molecule has 21 heavy (non-hydrogen) atoms. The van der Waals surface area contributed by atoms with Crippen LogP contribution < -0.4 is 5.32 Å². The van der Waals surface area contributed by atoms with Crippen LogP contribution in [0.3, 0.4) is 0 Å². The molecule has 2 unspecified atom stereocenters. The Hall–Kier alpha value is -1.66. The van der Waals surface area contributed by atoms with Gasteiger partial charge in [-0.1, -0.05) is 12.1 Å². The maximum atomic E-state index is 12.8. The first-order chi connectivity index (χ1) is 10.1. The molecule has 1 fully saturated rings. The third-order valence-electron chi connectivity index (χ3n) is 3.50. The van der Waals surface area contributed by atoms with Crippen LogP contribution in [-0.4, -0.2) is 48.4 Å². The van der Waals surface area contributed by atoms with Gasteiger partial charge in [0.15, 0.2) is 0 Å². The van der Waals surface area contributed by atoms with Crippen LogP contribution in [-0.2, 0) is 4.74 Å². The highest BCUT2D eigenvalue weighted by Gasteiger charge is 2.20. The Morgan fingerprint density at radius 2 is 2.00 bits per heavy atom. The number of amides is 2. The lowest BCUT2D eigenvalue weighted by Gasteiger charge is -2.29. The Labute approximate surface area is 123 Å². The fourth-order valence-electron chi connectivity index (χ4n) is 2.28. The molecule has 2 amide bonds. The Morgan fingerprint density at radius 1 is 1.38 bits per heavy atom. The third-order valence-corrected chi connectivity index (χ3v) is 3.50. The lowest BCUT2D eigenvalue weighted by atomic mass is 10.0. The lowest BCUT2D eigenvalue weighted by Crippen LogP contribution is -2.48. The van der Waals surface area contributed by atoms with Crippen molar-refractivity contribution in [3.63, 3.8) is 0 Å². The number of carbonyl (C=O) groups excluding carboxylic acids is 1. The summed E-state index contributed by atoms with van der Waals surface area (Å²) in [5.74, 6) is -0.334. The number of carbonyl (C=O) groups is 1. The number of nitrogens with one attached hydrogen (secondary N) is 1. The molecule has 0 bridgehead atoms. The van der Waals surface area contributed by atoms with Crippen molar-refractivity contribution in [2.75, 3.05) is 26.3 Å². The fourth-order valence-corrected chi connectivity index (χ4v) is 2.28. The monoisotopic (exact) mass is 296 g/mol. The van der Waals surface area contributed by atoms with Gasteiger partial charge >= 0.3 is 6.03 Å².